The first-order chi connectivity index (χ1) is 10.4. The summed E-state index contributed by atoms with van der Waals surface area (Å²) >= 11 is 0. The summed E-state index contributed by atoms with van der Waals surface area (Å²) in [5, 5.41) is 40.1. The molecule has 0 fully saturated rings. The van der Waals surface area contributed by atoms with Crippen LogP contribution < -0.4 is 0 Å². The summed E-state index contributed by atoms with van der Waals surface area (Å²) < 4.78 is 5.40. The van der Waals surface area contributed by atoms with Crippen molar-refractivity contribution in [2.45, 2.75) is 12.0 Å². The quantitative estimate of drug-likeness (QED) is 0.542. The molecule has 6 heteroatoms. The number of phenols is 2. The van der Waals surface area contributed by atoms with Crippen LogP contribution in [0.4, 0.5) is 0 Å². The maximum atomic E-state index is 11.5. The Morgan fingerprint density at radius 1 is 1.14 bits per heavy atom. The topological polar surface area (TPSA) is 107 Å². The number of aliphatic hydroxyl groups excluding tert-OH is 1. The van der Waals surface area contributed by atoms with Crippen molar-refractivity contribution < 1.29 is 32.8 Å². The van der Waals surface area contributed by atoms with Crippen LogP contribution in [-0.4, -0.2) is 38.4 Å². The molecule has 0 spiro atoms. The van der Waals surface area contributed by atoms with E-state index in [0.717, 1.165) is 0 Å². The van der Waals surface area contributed by atoms with E-state index in [2.05, 4.69) is 0 Å². The van der Waals surface area contributed by atoms with Crippen LogP contribution in [0.5, 0.6) is 11.5 Å². The van der Waals surface area contributed by atoms with Crippen LogP contribution >= 0.6 is 0 Å². The van der Waals surface area contributed by atoms with Crippen LogP contribution in [0, 0.1) is 0 Å². The van der Waals surface area contributed by atoms with E-state index in [9.17, 15) is 25.2 Å². The number of hydrogen-bond acceptors (Lipinski definition) is 6. The van der Waals surface area contributed by atoms with Gasteiger partial charge in [0.05, 0.1) is 0 Å². The van der Waals surface area contributed by atoms with Crippen LogP contribution in [0.1, 0.15) is 14.0 Å². The van der Waals surface area contributed by atoms with Crippen molar-refractivity contribution in [2.75, 3.05) is 6.61 Å². The molecular weight excluding hydrogens is 288 g/mol. The molecule has 1 unspecified atom stereocenters. The molecule has 22 heavy (non-hydrogen) atoms. The third kappa shape index (κ3) is 1.50. The summed E-state index contributed by atoms with van der Waals surface area (Å²) in [7, 11) is 0. The van der Waals surface area contributed by atoms with E-state index in [1.807, 2.05) is 0 Å². The maximum Gasteiger partial charge on any atom is 0.224 e. The van der Waals surface area contributed by atoms with Gasteiger partial charge in [-0.2, -0.15) is 0 Å². The van der Waals surface area contributed by atoms with Gasteiger partial charge in [-0.1, -0.05) is 0 Å². The summed E-state index contributed by atoms with van der Waals surface area (Å²) in [4.78, 5) is 11.5. The fourth-order valence-corrected chi connectivity index (χ4v) is 3.26. The monoisotopic (exact) mass is 304 g/mol. The number of allylic oxidation sites excluding steroid dienone is 2. The number of aliphatic hydroxyl groups is 2. The molecule has 4 rings (SSSR count). The van der Waals surface area contributed by atoms with E-state index in [1.54, 1.807) is 0 Å². The molecule has 6 nitrogen and oxygen atoms in total. The fourth-order valence-electron chi connectivity index (χ4n) is 3.26. The first-order valence-electron chi connectivity index (χ1n) is 6.72. The third-order valence-electron chi connectivity index (χ3n) is 4.24. The number of phenolic OH excluding ortho intramolecular Hbond substituents is 2. The zero-order valence-electron chi connectivity index (χ0n) is 11.3. The number of ether oxygens (including phenoxy) is 1. The van der Waals surface area contributed by atoms with E-state index in [-0.39, 0.29) is 33.1 Å². The van der Waals surface area contributed by atoms with Gasteiger partial charge in [0.25, 0.3) is 0 Å². The Balaban J connectivity index is 0.00000104. The number of carbonyl (C=O) groups excluding carboxylic acids is 1. The zero-order valence-corrected chi connectivity index (χ0v) is 11.3. The summed E-state index contributed by atoms with van der Waals surface area (Å²) in [6, 6.07) is 2.77. The van der Waals surface area contributed by atoms with E-state index >= 15 is 0 Å². The molecule has 1 aliphatic heterocycles. The minimum atomic E-state index is -1.33. The highest BCUT2D eigenvalue weighted by Crippen LogP contribution is 2.50. The maximum absolute atomic E-state index is 11.5. The Morgan fingerprint density at radius 3 is 2.64 bits per heavy atom. The molecule has 1 aromatic rings. The lowest BCUT2D eigenvalue weighted by molar-refractivity contribution is -0.114. The van der Waals surface area contributed by atoms with Crippen molar-refractivity contribution in [3.05, 3.63) is 52.5 Å². The van der Waals surface area contributed by atoms with Crippen molar-refractivity contribution in [2.24, 2.45) is 0 Å². The van der Waals surface area contributed by atoms with E-state index < -0.39 is 17.1 Å². The molecule has 0 saturated heterocycles. The zero-order chi connectivity index (χ0) is 15.6. The molecule has 116 valence electrons. The van der Waals surface area contributed by atoms with Crippen LogP contribution in [0.25, 0.3) is 5.57 Å². The lowest BCUT2D eigenvalue weighted by Gasteiger charge is -2.33. The van der Waals surface area contributed by atoms with Crippen molar-refractivity contribution in [3.8, 4) is 11.5 Å². The average Bonchev–Trinajstić information content (AvgIpc) is 2.75. The number of aromatic hydroxyl groups is 2. The fraction of sp³-hybridized carbons (Fsp3) is 0.188. The molecule has 3 aliphatic rings. The van der Waals surface area contributed by atoms with Crippen molar-refractivity contribution >= 4 is 11.4 Å². The van der Waals surface area contributed by atoms with E-state index in [4.69, 9.17) is 4.74 Å². The van der Waals surface area contributed by atoms with E-state index in [1.165, 1.54) is 24.3 Å². The first-order valence-corrected chi connectivity index (χ1v) is 6.72. The lowest BCUT2D eigenvalue weighted by atomic mass is 9.85. The second-order valence-corrected chi connectivity index (χ2v) is 5.66. The molecule has 0 amide bonds. The first kappa shape index (κ1) is 13.0. The summed E-state index contributed by atoms with van der Waals surface area (Å²) in [6.07, 6.45) is 2.90. The molecular formula is C16H16O6. The van der Waals surface area contributed by atoms with Gasteiger partial charge in [0.1, 0.15) is 12.2 Å². The Bertz CT molecular complexity index is 839. The molecule has 0 radical (unpaired) electrons. The van der Waals surface area contributed by atoms with Crippen LogP contribution in [0.2, 0.25) is 0 Å². The molecule has 0 aromatic heterocycles. The average molecular weight is 304 g/mol. The summed E-state index contributed by atoms with van der Waals surface area (Å²) in [5.74, 6) is -1.58. The predicted octanol–water partition coefficient (Wildman–Crippen LogP) is 1.57. The normalized spacial score (nSPS) is 25.8. The van der Waals surface area contributed by atoms with Gasteiger partial charge in [0, 0.05) is 20.4 Å². The van der Waals surface area contributed by atoms with Gasteiger partial charge in [0.2, 0.25) is 11.5 Å². The second kappa shape index (κ2) is 3.92. The standard InChI is InChI=1S/C16H12O6.2H2/c17-10-2-1-8-13-9-4-12(19)11(18)3-7(9)5-16(13,21)6-22-15(8)14(10)20;;/h1-4,18-21H,5-6H2;2*1H. The Morgan fingerprint density at radius 2 is 1.86 bits per heavy atom. The molecule has 4 N–H and O–H groups in total. The highest BCUT2D eigenvalue weighted by Gasteiger charge is 2.47. The Hall–Kier alpha value is -2.73. The van der Waals surface area contributed by atoms with Crippen LogP contribution in [0.3, 0.4) is 0 Å². The van der Waals surface area contributed by atoms with E-state index in [0.29, 0.717) is 22.3 Å². The number of benzene rings is 1. The molecule has 1 heterocycles. The molecule has 0 bridgehead atoms. The number of fused-ring (bicyclic) bond motifs is 4. The molecule has 1 aromatic carbocycles. The third-order valence-corrected chi connectivity index (χ3v) is 4.24. The highest BCUT2D eigenvalue weighted by molar-refractivity contribution is 6.06. The Labute approximate surface area is 127 Å². The smallest absolute Gasteiger partial charge is 0.224 e. The van der Waals surface area contributed by atoms with Gasteiger partial charge in [-0.05, 0) is 35.4 Å². The number of rotatable bonds is 0. The number of ketones is 1. The van der Waals surface area contributed by atoms with Gasteiger partial charge in [0.15, 0.2) is 17.3 Å². The summed E-state index contributed by atoms with van der Waals surface area (Å²) in [5.41, 5.74) is 0.797. The van der Waals surface area contributed by atoms with Crippen molar-refractivity contribution in [1.29, 1.82) is 0 Å². The minimum Gasteiger partial charge on any atom is -0.504 e. The second-order valence-electron chi connectivity index (χ2n) is 5.66. The van der Waals surface area contributed by atoms with Crippen molar-refractivity contribution in [1.82, 2.24) is 0 Å². The van der Waals surface area contributed by atoms with Gasteiger partial charge >= 0.3 is 0 Å². The van der Waals surface area contributed by atoms with Gasteiger partial charge < -0.3 is 25.2 Å². The molecule has 1 atom stereocenters. The highest BCUT2D eigenvalue weighted by atomic mass is 16.5. The lowest BCUT2D eigenvalue weighted by Crippen LogP contribution is -2.39. The largest absolute Gasteiger partial charge is 0.504 e. The minimum absolute atomic E-state index is 0. The number of carbonyl (C=O) groups is 1. The predicted molar refractivity (Wildman–Crippen MR) is 79.3 cm³/mol. The molecule has 0 saturated carbocycles. The van der Waals surface area contributed by atoms with Gasteiger partial charge in [-0.3, -0.25) is 4.79 Å². The van der Waals surface area contributed by atoms with Crippen LogP contribution in [-0.2, 0) is 16.0 Å². The van der Waals surface area contributed by atoms with Gasteiger partial charge in [-0.15, -0.1) is 0 Å². The van der Waals surface area contributed by atoms with Gasteiger partial charge in [-0.25, -0.2) is 0 Å². The molecule has 2 aliphatic carbocycles. The van der Waals surface area contributed by atoms with Crippen molar-refractivity contribution in [3.63, 3.8) is 0 Å². The van der Waals surface area contributed by atoms with Crippen LogP contribution in [0.15, 0.2) is 41.4 Å². The summed E-state index contributed by atoms with van der Waals surface area (Å²) in [6.45, 7) is -0.122. The SMILES string of the molecule is O=C1C=CC2=C3c4cc(O)c(O)cc4CC3(O)COC2=C1O.[HH].[HH]. The Kier molecular flexibility index (Phi) is 2.31. The number of hydrogen-bond donors (Lipinski definition) is 4.